The van der Waals surface area contributed by atoms with Gasteiger partial charge in [0.05, 0.1) is 12.9 Å². The number of rotatable bonds is 6. The van der Waals surface area contributed by atoms with Crippen LogP contribution in [0.3, 0.4) is 0 Å². The van der Waals surface area contributed by atoms with Crippen molar-refractivity contribution in [3.8, 4) is 0 Å². The summed E-state index contributed by atoms with van der Waals surface area (Å²) in [5.41, 5.74) is 3.90. The molecule has 0 aliphatic rings. The third kappa shape index (κ3) is 4.86. The van der Waals surface area contributed by atoms with Gasteiger partial charge < -0.3 is 10.1 Å². The Hall–Kier alpha value is -2.27. The predicted molar refractivity (Wildman–Crippen MR) is 98.2 cm³/mol. The van der Waals surface area contributed by atoms with E-state index in [0.717, 1.165) is 16.8 Å². The van der Waals surface area contributed by atoms with Gasteiger partial charge in [0.15, 0.2) is 0 Å². The first kappa shape index (κ1) is 18.1. The molecule has 0 bridgehead atoms. The molecule has 4 nitrogen and oxygen atoms in total. The Kier molecular flexibility index (Phi) is 6.44. The number of esters is 1. The molecule has 2 aromatic carbocycles. The molecule has 0 aliphatic heterocycles. The van der Waals surface area contributed by atoms with Crippen LogP contribution in [0.25, 0.3) is 0 Å². The van der Waals surface area contributed by atoms with E-state index < -0.39 is 5.25 Å². The highest BCUT2D eigenvalue weighted by Crippen LogP contribution is 2.30. The lowest BCUT2D eigenvalue weighted by atomic mass is 10.1. The van der Waals surface area contributed by atoms with Crippen molar-refractivity contribution in [2.24, 2.45) is 0 Å². The summed E-state index contributed by atoms with van der Waals surface area (Å²) in [7, 11) is 1.34. The lowest BCUT2D eigenvalue weighted by Gasteiger charge is -2.17. The summed E-state index contributed by atoms with van der Waals surface area (Å²) in [6.45, 7) is 4.03. The van der Waals surface area contributed by atoms with Crippen molar-refractivity contribution in [2.75, 3.05) is 18.2 Å². The largest absolute Gasteiger partial charge is 0.468 e. The molecule has 0 aliphatic carbocycles. The Bertz CT molecular complexity index is 716. The number of nitrogens with one attached hydrogen (secondary N) is 1. The first-order valence-electron chi connectivity index (χ1n) is 7.62. The first-order chi connectivity index (χ1) is 11.5. The molecule has 0 unspecified atom stereocenters. The number of thioether (sulfide) groups is 1. The minimum absolute atomic E-state index is 0.121. The number of aryl methyl sites for hydroxylation is 2. The highest BCUT2D eigenvalue weighted by molar-refractivity contribution is 8.00. The summed E-state index contributed by atoms with van der Waals surface area (Å²) in [6, 6.07) is 15.2. The average molecular weight is 343 g/mol. The monoisotopic (exact) mass is 343 g/mol. The van der Waals surface area contributed by atoms with Crippen LogP contribution in [0.1, 0.15) is 21.9 Å². The second-order valence-corrected chi connectivity index (χ2v) is 6.56. The van der Waals surface area contributed by atoms with Crippen LogP contribution in [0.5, 0.6) is 0 Å². The zero-order valence-electron chi connectivity index (χ0n) is 14.0. The maximum absolute atomic E-state index is 12.7. The van der Waals surface area contributed by atoms with Gasteiger partial charge >= 0.3 is 5.97 Å². The zero-order chi connectivity index (χ0) is 17.5. The molecule has 0 heterocycles. The van der Waals surface area contributed by atoms with Crippen molar-refractivity contribution in [2.45, 2.75) is 19.1 Å². The highest BCUT2D eigenvalue weighted by Gasteiger charge is 2.22. The number of hydrogen-bond donors (Lipinski definition) is 1. The van der Waals surface area contributed by atoms with E-state index in [-0.39, 0.29) is 17.6 Å². The summed E-state index contributed by atoms with van der Waals surface area (Å²) in [5.74, 6) is -0.380. The Labute approximate surface area is 146 Å². The summed E-state index contributed by atoms with van der Waals surface area (Å²) in [5, 5.41) is 2.46. The minimum atomic E-state index is -0.480. The van der Waals surface area contributed by atoms with Crippen molar-refractivity contribution >= 4 is 29.3 Å². The van der Waals surface area contributed by atoms with Crippen molar-refractivity contribution in [1.82, 2.24) is 0 Å². The molecule has 2 rings (SSSR count). The van der Waals surface area contributed by atoms with Crippen molar-refractivity contribution in [3.63, 3.8) is 0 Å². The molecular formula is C19H21NO3S. The van der Waals surface area contributed by atoms with E-state index in [1.807, 2.05) is 62.4 Å². The molecule has 1 amide bonds. The lowest BCUT2D eigenvalue weighted by molar-refractivity contribution is -0.137. The van der Waals surface area contributed by atoms with Gasteiger partial charge in [-0.15, -0.1) is 11.8 Å². The molecule has 2 aromatic rings. The smallest absolute Gasteiger partial charge is 0.315 e. The Morgan fingerprint density at radius 3 is 2.42 bits per heavy atom. The second kappa shape index (κ2) is 8.55. The van der Waals surface area contributed by atoms with Gasteiger partial charge in [-0.25, -0.2) is 0 Å². The zero-order valence-corrected chi connectivity index (χ0v) is 14.9. The van der Waals surface area contributed by atoms with E-state index >= 15 is 0 Å². The number of amides is 1. The van der Waals surface area contributed by atoms with E-state index in [2.05, 4.69) is 10.1 Å². The molecule has 0 fully saturated rings. The Morgan fingerprint density at radius 2 is 1.79 bits per heavy atom. The van der Waals surface area contributed by atoms with Crippen LogP contribution in [0.4, 0.5) is 5.69 Å². The molecule has 0 spiro atoms. The number of carbonyl (C=O) groups excluding carboxylic acids is 2. The molecular weight excluding hydrogens is 322 g/mol. The normalized spacial score (nSPS) is 11.6. The predicted octanol–water partition coefficient (Wildman–Crippen LogP) is 3.89. The van der Waals surface area contributed by atoms with Crippen LogP contribution in [0, 0.1) is 13.8 Å². The SMILES string of the molecule is COC(=O)CS[C@@H](C(=O)Nc1ccc(C)c(C)c1)c1ccccc1. The molecule has 24 heavy (non-hydrogen) atoms. The molecule has 0 radical (unpaired) electrons. The summed E-state index contributed by atoms with van der Waals surface area (Å²) >= 11 is 1.26. The maximum atomic E-state index is 12.7. The van der Waals surface area contributed by atoms with Crippen LogP contribution in [-0.2, 0) is 14.3 Å². The number of anilines is 1. The second-order valence-electron chi connectivity index (χ2n) is 5.47. The van der Waals surface area contributed by atoms with Crippen LogP contribution in [-0.4, -0.2) is 24.7 Å². The third-order valence-corrected chi connectivity index (χ3v) is 4.93. The van der Waals surface area contributed by atoms with E-state index in [1.54, 1.807) is 0 Å². The van der Waals surface area contributed by atoms with Gasteiger partial charge in [-0.1, -0.05) is 36.4 Å². The van der Waals surface area contributed by atoms with Gasteiger partial charge in [0.2, 0.25) is 5.91 Å². The number of methoxy groups -OCH3 is 1. The first-order valence-corrected chi connectivity index (χ1v) is 8.67. The van der Waals surface area contributed by atoms with E-state index in [4.69, 9.17) is 0 Å². The topological polar surface area (TPSA) is 55.4 Å². The summed E-state index contributed by atoms with van der Waals surface area (Å²) in [6.07, 6.45) is 0. The molecule has 126 valence electrons. The number of benzene rings is 2. The standard InChI is InChI=1S/C19H21NO3S/c1-13-9-10-16(11-14(13)2)20-19(22)18(24-12-17(21)23-3)15-7-5-4-6-8-15/h4-11,18H,12H2,1-3H3,(H,20,22)/t18-/m1/s1. The van der Waals surface area contributed by atoms with Gasteiger partial charge in [-0.3, -0.25) is 9.59 Å². The van der Waals surface area contributed by atoms with Gasteiger partial charge in [-0.2, -0.15) is 0 Å². The molecule has 0 aromatic heterocycles. The van der Waals surface area contributed by atoms with Crippen LogP contribution < -0.4 is 5.32 Å². The fourth-order valence-corrected chi connectivity index (χ4v) is 3.17. The Morgan fingerprint density at radius 1 is 1.08 bits per heavy atom. The van der Waals surface area contributed by atoms with Crippen molar-refractivity contribution < 1.29 is 14.3 Å². The van der Waals surface area contributed by atoms with Gasteiger partial charge in [0.1, 0.15) is 5.25 Å². The van der Waals surface area contributed by atoms with Crippen LogP contribution >= 0.6 is 11.8 Å². The summed E-state index contributed by atoms with van der Waals surface area (Å²) < 4.78 is 4.67. The molecule has 0 saturated carbocycles. The van der Waals surface area contributed by atoms with E-state index in [0.29, 0.717) is 0 Å². The fourth-order valence-electron chi connectivity index (χ4n) is 2.19. The number of carbonyl (C=O) groups is 2. The third-order valence-electron chi connectivity index (χ3n) is 3.71. The van der Waals surface area contributed by atoms with E-state index in [1.165, 1.54) is 24.4 Å². The van der Waals surface area contributed by atoms with E-state index in [9.17, 15) is 9.59 Å². The number of hydrogen-bond acceptors (Lipinski definition) is 4. The average Bonchev–Trinajstić information content (AvgIpc) is 2.59. The van der Waals surface area contributed by atoms with Crippen molar-refractivity contribution in [1.29, 1.82) is 0 Å². The van der Waals surface area contributed by atoms with Crippen LogP contribution in [0.2, 0.25) is 0 Å². The summed E-state index contributed by atoms with van der Waals surface area (Å²) in [4.78, 5) is 24.2. The highest BCUT2D eigenvalue weighted by atomic mass is 32.2. The minimum Gasteiger partial charge on any atom is -0.468 e. The van der Waals surface area contributed by atoms with Gasteiger partial charge in [0.25, 0.3) is 0 Å². The van der Waals surface area contributed by atoms with Gasteiger partial charge in [0, 0.05) is 5.69 Å². The van der Waals surface area contributed by atoms with Crippen molar-refractivity contribution in [3.05, 3.63) is 65.2 Å². The van der Waals surface area contributed by atoms with Gasteiger partial charge in [-0.05, 0) is 42.7 Å². The lowest BCUT2D eigenvalue weighted by Crippen LogP contribution is -2.20. The fraction of sp³-hybridized carbons (Fsp3) is 0.263. The van der Waals surface area contributed by atoms with Crippen LogP contribution in [0.15, 0.2) is 48.5 Å². The Balaban J connectivity index is 2.17. The maximum Gasteiger partial charge on any atom is 0.315 e. The molecule has 0 saturated heterocycles. The molecule has 1 atom stereocenters. The number of ether oxygens (including phenoxy) is 1. The molecule has 5 heteroatoms. The molecule has 1 N–H and O–H groups in total. The quantitative estimate of drug-likeness (QED) is 0.809.